The average Bonchev–Trinajstić information content (AvgIpc) is 2.48. The number of aryl methyl sites for hydroxylation is 1. The standard InChI is InChI=1S/C17H18O3/c1-13-6-8-15(9-7-13)17(18)12-20-11-14-4-3-5-16(10-14)19-2/h3-10H,11-12H2,1-2H3. The van der Waals surface area contributed by atoms with Crippen LogP contribution in [-0.4, -0.2) is 19.5 Å². The Bertz CT molecular complexity index is 573. The van der Waals surface area contributed by atoms with Crippen molar-refractivity contribution < 1.29 is 14.3 Å². The summed E-state index contributed by atoms with van der Waals surface area (Å²) in [4.78, 5) is 11.9. The van der Waals surface area contributed by atoms with Gasteiger partial charge in [0.15, 0.2) is 5.78 Å². The summed E-state index contributed by atoms with van der Waals surface area (Å²) < 4.78 is 10.6. The van der Waals surface area contributed by atoms with E-state index in [1.165, 1.54) is 0 Å². The lowest BCUT2D eigenvalue weighted by atomic mass is 10.1. The van der Waals surface area contributed by atoms with Gasteiger partial charge in [0.2, 0.25) is 0 Å². The number of carbonyl (C=O) groups excluding carboxylic acids is 1. The van der Waals surface area contributed by atoms with E-state index >= 15 is 0 Å². The molecule has 2 aromatic rings. The van der Waals surface area contributed by atoms with E-state index in [-0.39, 0.29) is 12.4 Å². The van der Waals surface area contributed by atoms with Crippen LogP contribution < -0.4 is 4.74 Å². The lowest BCUT2D eigenvalue weighted by Crippen LogP contribution is -2.09. The molecule has 0 aromatic heterocycles. The number of ketones is 1. The summed E-state index contributed by atoms with van der Waals surface area (Å²) in [6.07, 6.45) is 0. The normalized spacial score (nSPS) is 10.3. The summed E-state index contributed by atoms with van der Waals surface area (Å²) in [6, 6.07) is 15.1. The highest BCUT2D eigenvalue weighted by molar-refractivity contribution is 5.97. The van der Waals surface area contributed by atoms with Crippen molar-refractivity contribution in [1.82, 2.24) is 0 Å². The molecule has 0 amide bonds. The van der Waals surface area contributed by atoms with E-state index in [1.807, 2.05) is 55.5 Å². The molecule has 0 aliphatic carbocycles. The van der Waals surface area contributed by atoms with Crippen LogP contribution in [0.25, 0.3) is 0 Å². The third kappa shape index (κ3) is 3.93. The fourth-order valence-electron chi connectivity index (χ4n) is 1.85. The highest BCUT2D eigenvalue weighted by Gasteiger charge is 2.05. The zero-order chi connectivity index (χ0) is 14.4. The Balaban J connectivity index is 1.86. The van der Waals surface area contributed by atoms with Gasteiger partial charge < -0.3 is 9.47 Å². The van der Waals surface area contributed by atoms with Gasteiger partial charge in [0.05, 0.1) is 13.7 Å². The monoisotopic (exact) mass is 270 g/mol. The summed E-state index contributed by atoms with van der Waals surface area (Å²) in [5.41, 5.74) is 2.81. The average molecular weight is 270 g/mol. The number of carbonyl (C=O) groups is 1. The Morgan fingerprint density at radius 2 is 1.85 bits per heavy atom. The summed E-state index contributed by atoms with van der Waals surface area (Å²) in [5.74, 6) is 0.781. The van der Waals surface area contributed by atoms with Gasteiger partial charge in [0.25, 0.3) is 0 Å². The maximum Gasteiger partial charge on any atom is 0.188 e. The van der Waals surface area contributed by atoms with Gasteiger partial charge in [-0.1, -0.05) is 42.0 Å². The van der Waals surface area contributed by atoms with Crippen LogP contribution in [0, 0.1) is 6.92 Å². The number of Topliss-reactive ketones (excluding diaryl/α,β-unsaturated/α-hetero) is 1. The first-order chi connectivity index (χ1) is 9.69. The molecule has 0 radical (unpaired) electrons. The number of rotatable bonds is 6. The quantitative estimate of drug-likeness (QED) is 0.755. The van der Waals surface area contributed by atoms with Crippen molar-refractivity contribution in [3.63, 3.8) is 0 Å². The molecule has 0 bridgehead atoms. The lowest BCUT2D eigenvalue weighted by Gasteiger charge is -2.06. The molecular formula is C17H18O3. The molecule has 0 saturated heterocycles. The SMILES string of the molecule is COc1cccc(COCC(=O)c2ccc(C)cc2)c1. The van der Waals surface area contributed by atoms with Gasteiger partial charge in [-0.05, 0) is 24.6 Å². The maximum atomic E-state index is 11.9. The largest absolute Gasteiger partial charge is 0.497 e. The third-order valence-electron chi connectivity index (χ3n) is 3.01. The zero-order valence-electron chi connectivity index (χ0n) is 11.8. The van der Waals surface area contributed by atoms with Crippen LogP contribution in [0.15, 0.2) is 48.5 Å². The van der Waals surface area contributed by atoms with Crippen LogP contribution in [0.1, 0.15) is 21.5 Å². The molecule has 2 aromatic carbocycles. The second kappa shape index (κ2) is 6.87. The van der Waals surface area contributed by atoms with Gasteiger partial charge in [-0.25, -0.2) is 0 Å². The second-order valence-corrected chi connectivity index (χ2v) is 4.63. The van der Waals surface area contributed by atoms with Gasteiger partial charge in [-0.3, -0.25) is 4.79 Å². The number of hydrogen-bond acceptors (Lipinski definition) is 3. The Labute approximate surface area is 119 Å². The highest BCUT2D eigenvalue weighted by Crippen LogP contribution is 2.13. The molecule has 0 unspecified atom stereocenters. The minimum atomic E-state index is -0.00658. The van der Waals surface area contributed by atoms with Gasteiger partial charge >= 0.3 is 0 Å². The number of ether oxygens (including phenoxy) is 2. The van der Waals surface area contributed by atoms with Gasteiger partial charge in [-0.15, -0.1) is 0 Å². The van der Waals surface area contributed by atoms with E-state index in [1.54, 1.807) is 7.11 Å². The maximum absolute atomic E-state index is 11.9. The van der Waals surface area contributed by atoms with Crippen molar-refractivity contribution in [3.8, 4) is 5.75 Å². The van der Waals surface area contributed by atoms with Crippen molar-refractivity contribution in [3.05, 3.63) is 65.2 Å². The number of hydrogen-bond donors (Lipinski definition) is 0. The van der Waals surface area contributed by atoms with E-state index < -0.39 is 0 Å². The first-order valence-electron chi connectivity index (χ1n) is 6.49. The van der Waals surface area contributed by atoms with E-state index in [2.05, 4.69) is 0 Å². The van der Waals surface area contributed by atoms with Crippen LogP contribution in [0.4, 0.5) is 0 Å². The van der Waals surface area contributed by atoms with E-state index in [0.717, 1.165) is 16.9 Å². The molecule has 2 rings (SSSR count). The summed E-state index contributed by atoms with van der Waals surface area (Å²) in [7, 11) is 1.63. The van der Waals surface area contributed by atoms with Gasteiger partial charge in [0, 0.05) is 5.56 Å². The number of methoxy groups -OCH3 is 1. The molecule has 3 nitrogen and oxygen atoms in total. The van der Waals surface area contributed by atoms with Gasteiger partial charge in [0.1, 0.15) is 12.4 Å². The predicted octanol–water partition coefficient (Wildman–Crippen LogP) is 3.40. The van der Waals surface area contributed by atoms with Crippen molar-refractivity contribution in [2.45, 2.75) is 13.5 Å². The molecule has 0 spiro atoms. The minimum absolute atomic E-state index is 0.00658. The van der Waals surface area contributed by atoms with Crippen molar-refractivity contribution in [2.24, 2.45) is 0 Å². The van der Waals surface area contributed by atoms with Crippen molar-refractivity contribution in [1.29, 1.82) is 0 Å². The van der Waals surface area contributed by atoms with Crippen molar-refractivity contribution >= 4 is 5.78 Å². The minimum Gasteiger partial charge on any atom is -0.497 e. The Kier molecular flexibility index (Phi) is 4.91. The van der Waals surface area contributed by atoms with E-state index in [4.69, 9.17) is 9.47 Å². The molecule has 3 heteroatoms. The fraction of sp³-hybridized carbons (Fsp3) is 0.235. The van der Waals surface area contributed by atoms with Crippen LogP contribution in [0.5, 0.6) is 5.75 Å². The molecular weight excluding hydrogens is 252 g/mol. The topological polar surface area (TPSA) is 35.5 Å². The van der Waals surface area contributed by atoms with Crippen LogP contribution >= 0.6 is 0 Å². The third-order valence-corrected chi connectivity index (χ3v) is 3.01. The van der Waals surface area contributed by atoms with Crippen molar-refractivity contribution in [2.75, 3.05) is 13.7 Å². The van der Waals surface area contributed by atoms with Crippen LogP contribution in [-0.2, 0) is 11.3 Å². The lowest BCUT2D eigenvalue weighted by molar-refractivity contribution is 0.0726. The smallest absolute Gasteiger partial charge is 0.188 e. The van der Waals surface area contributed by atoms with Gasteiger partial charge in [-0.2, -0.15) is 0 Å². The predicted molar refractivity (Wildman–Crippen MR) is 78.2 cm³/mol. The fourth-order valence-corrected chi connectivity index (χ4v) is 1.85. The zero-order valence-corrected chi connectivity index (χ0v) is 11.8. The second-order valence-electron chi connectivity index (χ2n) is 4.63. The summed E-state index contributed by atoms with van der Waals surface area (Å²) in [6.45, 7) is 2.47. The molecule has 0 heterocycles. The molecule has 0 atom stereocenters. The molecule has 0 aliphatic heterocycles. The molecule has 0 N–H and O–H groups in total. The Hall–Kier alpha value is -2.13. The highest BCUT2D eigenvalue weighted by atomic mass is 16.5. The molecule has 20 heavy (non-hydrogen) atoms. The van der Waals surface area contributed by atoms with E-state index in [9.17, 15) is 4.79 Å². The van der Waals surface area contributed by atoms with Crippen LogP contribution in [0.3, 0.4) is 0 Å². The van der Waals surface area contributed by atoms with E-state index in [0.29, 0.717) is 12.2 Å². The molecule has 0 saturated carbocycles. The molecule has 0 fully saturated rings. The summed E-state index contributed by atoms with van der Waals surface area (Å²) >= 11 is 0. The first-order valence-corrected chi connectivity index (χ1v) is 6.49. The van der Waals surface area contributed by atoms with Crippen LogP contribution in [0.2, 0.25) is 0 Å². The molecule has 0 aliphatic rings. The summed E-state index contributed by atoms with van der Waals surface area (Å²) in [5, 5.41) is 0. The first kappa shape index (κ1) is 14.3. The Morgan fingerprint density at radius 3 is 2.55 bits per heavy atom. The number of benzene rings is 2. The molecule has 104 valence electrons. The Morgan fingerprint density at radius 1 is 1.10 bits per heavy atom.